The molecule has 1 amide bonds. The molecule has 1 aliphatic carbocycles. The Labute approximate surface area is 159 Å². The number of nitrogens with one attached hydrogen (secondary N) is 2. The highest BCUT2D eigenvalue weighted by Gasteiger charge is 2.54. The summed E-state index contributed by atoms with van der Waals surface area (Å²) in [5, 5.41) is 6.82. The van der Waals surface area contributed by atoms with E-state index in [9.17, 15) is 9.18 Å². The minimum absolute atomic E-state index is 0.0658. The first-order valence-corrected chi connectivity index (χ1v) is 10.0. The summed E-state index contributed by atoms with van der Waals surface area (Å²) in [6.45, 7) is 4.20. The lowest BCUT2D eigenvalue weighted by Gasteiger charge is -2.44. The van der Waals surface area contributed by atoms with Crippen LogP contribution in [0.2, 0.25) is 0 Å². The highest BCUT2D eigenvalue weighted by Crippen LogP contribution is 2.50. The number of hydrogen-bond donors (Lipinski definition) is 2. The standard InChI is InChI=1S/C20H27FN4O2/c21-15-3-1-13(2-4-15)9-17-16-10-14(16)12-25(17)20-22-18(11-19(26)23-20)24-5-7-27-8-6-24/h1-4,14,16-18,20,22H,5-12H2,(H,23,26)/t14-,16-,17-,18?,20?/m0/s1. The summed E-state index contributed by atoms with van der Waals surface area (Å²) < 4.78 is 18.7. The van der Waals surface area contributed by atoms with Crippen LogP contribution in [-0.4, -0.2) is 67.1 Å². The molecular formula is C20H27FN4O2. The van der Waals surface area contributed by atoms with E-state index >= 15 is 0 Å². The van der Waals surface area contributed by atoms with Crippen molar-refractivity contribution in [3.63, 3.8) is 0 Å². The molecule has 2 N–H and O–H groups in total. The van der Waals surface area contributed by atoms with E-state index < -0.39 is 0 Å². The van der Waals surface area contributed by atoms with Crippen LogP contribution in [0.15, 0.2) is 24.3 Å². The number of likely N-dealkylation sites (tertiary alicyclic amines) is 1. The third-order valence-corrected chi connectivity index (χ3v) is 6.55. The Kier molecular flexibility index (Phi) is 4.63. The molecule has 4 aliphatic rings. The van der Waals surface area contributed by atoms with Crippen LogP contribution < -0.4 is 10.6 Å². The fourth-order valence-corrected chi connectivity index (χ4v) is 5.00. The molecule has 1 aromatic rings. The normalized spacial score (nSPS) is 37.1. The number of morpholine rings is 1. The van der Waals surface area contributed by atoms with Gasteiger partial charge >= 0.3 is 0 Å². The molecule has 146 valence electrons. The molecule has 3 aliphatic heterocycles. The van der Waals surface area contributed by atoms with Gasteiger partial charge in [-0.3, -0.25) is 19.9 Å². The number of nitrogens with zero attached hydrogens (tertiary/aromatic N) is 2. The van der Waals surface area contributed by atoms with Crippen LogP contribution in [0, 0.1) is 17.7 Å². The fraction of sp³-hybridized carbons (Fsp3) is 0.650. The van der Waals surface area contributed by atoms with Crippen LogP contribution in [0.1, 0.15) is 18.4 Å². The first-order chi connectivity index (χ1) is 13.2. The third kappa shape index (κ3) is 3.61. The molecule has 5 rings (SSSR count). The molecule has 5 atom stereocenters. The first kappa shape index (κ1) is 17.6. The van der Waals surface area contributed by atoms with Crippen molar-refractivity contribution in [3.05, 3.63) is 35.6 Å². The molecule has 1 saturated carbocycles. The molecule has 4 fully saturated rings. The maximum absolute atomic E-state index is 13.2. The Morgan fingerprint density at radius 3 is 2.74 bits per heavy atom. The summed E-state index contributed by atoms with van der Waals surface area (Å²) in [7, 11) is 0. The summed E-state index contributed by atoms with van der Waals surface area (Å²) >= 11 is 0. The van der Waals surface area contributed by atoms with E-state index in [1.165, 1.54) is 18.6 Å². The molecule has 6 nitrogen and oxygen atoms in total. The SMILES string of the molecule is O=C1CC(N2CCOCC2)NC(N2C[C@@H]3C[C@@H]3[C@@H]2Cc2ccc(F)cc2)N1. The van der Waals surface area contributed by atoms with Crippen molar-refractivity contribution in [1.29, 1.82) is 0 Å². The van der Waals surface area contributed by atoms with Gasteiger partial charge in [-0.2, -0.15) is 0 Å². The Morgan fingerprint density at radius 1 is 1.19 bits per heavy atom. The summed E-state index contributed by atoms with van der Waals surface area (Å²) in [5.74, 6) is 1.34. The van der Waals surface area contributed by atoms with Crippen molar-refractivity contribution in [1.82, 2.24) is 20.4 Å². The number of fused-ring (bicyclic) bond motifs is 1. The molecule has 0 bridgehead atoms. The van der Waals surface area contributed by atoms with E-state index in [4.69, 9.17) is 4.74 Å². The number of benzene rings is 1. The zero-order valence-electron chi connectivity index (χ0n) is 15.4. The second-order valence-corrected chi connectivity index (χ2v) is 8.26. The predicted octanol–water partition coefficient (Wildman–Crippen LogP) is 0.740. The highest BCUT2D eigenvalue weighted by molar-refractivity contribution is 5.77. The van der Waals surface area contributed by atoms with Crippen LogP contribution in [0.5, 0.6) is 0 Å². The monoisotopic (exact) mass is 374 g/mol. The number of piperidine rings is 1. The van der Waals surface area contributed by atoms with Crippen molar-refractivity contribution in [2.75, 3.05) is 32.8 Å². The van der Waals surface area contributed by atoms with Gasteiger partial charge in [-0.1, -0.05) is 12.1 Å². The molecule has 1 aromatic carbocycles. The number of amides is 1. The van der Waals surface area contributed by atoms with E-state index in [0.717, 1.165) is 50.8 Å². The van der Waals surface area contributed by atoms with Gasteiger partial charge in [0.15, 0.2) is 0 Å². The molecule has 3 saturated heterocycles. The second-order valence-electron chi connectivity index (χ2n) is 8.26. The molecule has 7 heteroatoms. The second kappa shape index (κ2) is 7.13. The molecule has 0 spiro atoms. The molecule has 0 aromatic heterocycles. The van der Waals surface area contributed by atoms with Crippen LogP contribution >= 0.6 is 0 Å². The minimum atomic E-state index is -0.194. The van der Waals surface area contributed by atoms with Gasteiger partial charge in [-0.25, -0.2) is 4.39 Å². The lowest BCUT2D eigenvalue weighted by atomic mass is 10.0. The predicted molar refractivity (Wildman–Crippen MR) is 98.1 cm³/mol. The van der Waals surface area contributed by atoms with Gasteiger partial charge in [-0.05, 0) is 42.4 Å². The molecule has 27 heavy (non-hydrogen) atoms. The molecular weight excluding hydrogens is 347 g/mol. The van der Waals surface area contributed by atoms with Crippen molar-refractivity contribution in [2.45, 2.75) is 37.8 Å². The third-order valence-electron chi connectivity index (χ3n) is 6.55. The number of rotatable bonds is 4. The highest BCUT2D eigenvalue weighted by atomic mass is 19.1. The average molecular weight is 374 g/mol. The Morgan fingerprint density at radius 2 is 1.96 bits per heavy atom. The first-order valence-electron chi connectivity index (χ1n) is 10.0. The fourth-order valence-electron chi connectivity index (χ4n) is 5.00. The zero-order chi connectivity index (χ0) is 18.4. The van der Waals surface area contributed by atoms with Gasteiger partial charge in [-0.15, -0.1) is 0 Å². The van der Waals surface area contributed by atoms with Crippen LogP contribution in [-0.2, 0) is 16.0 Å². The minimum Gasteiger partial charge on any atom is -0.379 e. The number of ether oxygens (including phenoxy) is 1. The Hall–Kier alpha value is -1.54. The maximum atomic E-state index is 13.2. The van der Waals surface area contributed by atoms with Gasteiger partial charge < -0.3 is 10.1 Å². The Bertz CT molecular complexity index is 694. The van der Waals surface area contributed by atoms with Gasteiger partial charge in [0, 0.05) is 25.7 Å². The van der Waals surface area contributed by atoms with Gasteiger partial charge in [0.05, 0.1) is 25.8 Å². The number of halogens is 1. The van der Waals surface area contributed by atoms with E-state index in [-0.39, 0.29) is 24.2 Å². The smallest absolute Gasteiger partial charge is 0.225 e. The van der Waals surface area contributed by atoms with Crippen LogP contribution in [0.3, 0.4) is 0 Å². The Balaban J connectivity index is 1.29. The van der Waals surface area contributed by atoms with Crippen molar-refractivity contribution in [2.24, 2.45) is 11.8 Å². The largest absolute Gasteiger partial charge is 0.379 e. The number of hydrogen-bond acceptors (Lipinski definition) is 5. The van der Waals surface area contributed by atoms with Gasteiger partial charge in [0.25, 0.3) is 0 Å². The van der Waals surface area contributed by atoms with Crippen LogP contribution in [0.4, 0.5) is 4.39 Å². The van der Waals surface area contributed by atoms with Crippen molar-refractivity contribution < 1.29 is 13.9 Å². The zero-order valence-corrected chi connectivity index (χ0v) is 15.4. The van der Waals surface area contributed by atoms with Gasteiger partial charge in [0.1, 0.15) is 12.1 Å². The topological polar surface area (TPSA) is 56.8 Å². The molecule has 0 radical (unpaired) electrons. The summed E-state index contributed by atoms with van der Waals surface area (Å²) in [6, 6.07) is 7.23. The lowest BCUT2D eigenvalue weighted by Crippen LogP contribution is -2.69. The number of carbonyl (C=O) groups is 1. The van der Waals surface area contributed by atoms with Crippen LogP contribution in [0.25, 0.3) is 0 Å². The van der Waals surface area contributed by atoms with E-state index in [2.05, 4.69) is 20.4 Å². The van der Waals surface area contributed by atoms with E-state index in [1.54, 1.807) is 0 Å². The average Bonchev–Trinajstić information content (AvgIpc) is 3.38. The van der Waals surface area contributed by atoms with E-state index in [1.807, 2.05) is 12.1 Å². The quantitative estimate of drug-likeness (QED) is 0.814. The summed E-state index contributed by atoms with van der Waals surface area (Å²) in [4.78, 5) is 17.1. The lowest BCUT2D eigenvalue weighted by molar-refractivity contribution is -0.131. The number of carbonyl (C=O) groups excluding carboxylic acids is 1. The summed E-state index contributed by atoms with van der Waals surface area (Å²) in [5.41, 5.74) is 1.16. The van der Waals surface area contributed by atoms with E-state index in [0.29, 0.717) is 18.4 Å². The molecule has 3 heterocycles. The maximum Gasteiger partial charge on any atom is 0.225 e. The molecule has 2 unspecified atom stereocenters. The van der Waals surface area contributed by atoms with Gasteiger partial charge in [0.2, 0.25) is 5.91 Å². The van der Waals surface area contributed by atoms with Crippen molar-refractivity contribution in [3.8, 4) is 0 Å². The summed E-state index contributed by atoms with van der Waals surface area (Å²) in [6.07, 6.45) is 2.60. The van der Waals surface area contributed by atoms with Crippen molar-refractivity contribution >= 4 is 5.91 Å².